The van der Waals surface area contributed by atoms with E-state index < -0.39 is 11.7 Å². The monoisotopic (exact) mass is 574 g/mol. The van der Waals surface area contributed by atoms with E-state index in [9.17, 15) is 4.79 Å². The number of carbonyl (C=O) groups is 1. The highest BCUT2D eigenvalue weighted by molar-refractivity contribution is 6.43. The number of likely N-dealkylation sites (N-methyl/N-ethyl adjacent to an activating group) is 1. The minimum atomic E-state index is -0.432. The van der Waals surface area contributed by atoms with Gasteiger partial charge in [-0.05, 0) is 31.3 Å². The molecule has 3 aliphatic rings. The van der Waals surface area contributed by atoms with Crippen LogP contribution in [0.1, 0.15) is 10.4 Å². The number of nitrogens with one attached hydrogen (secondary N) is 1. The van der Waals surface area contributed by atoms with E-state index in [1.54, 1.807) is 24.3 Å². The van der Waals surface area contributed by atoms with Crippen LogP contribution in [-0.4, -0.2) is 73.1 Å². The fraction of sp³-hybridized carbons (Fsp3) is 0.280. The highest BCUT2D eigenvalue weighted by Gasteiger charge is 2.41. The molecule has 1 amide bonds. The second-order valence-corrected chi connectivity index (χ2v) is 10.4. The van der Waals surface area contributed by atoms with Crippen LogP contribution < -0.4 is 20.0 Å². The Labute approximate surface area is 233 Å². The maximum Gasteiger partial charge on any atom is 0.270 e. The van der Waals surface area contributed by atoms with Crippen LogP contribution in [0.2, 0.25) is 15.1 Å². The van der Waals surface area contributed by atoms with E-state index >= 15 is 4.39 Å². The number of guanidine groups is 1. The maximum absolute atomic E-state index is 15.1. The number of aliphatic imine (C=N–C) groups is 1. The summed E-state index contributed by atoms with van der Waals surface area (Å²) in [6.07, 6.45) is 1.43. The second kappa shape index (κ2) is 9.85. The number of halogens is 4. The quantitative estimate of drug-likeness (QED) is 0.474. The van der Waals surface area contributed by atoms with Gasteiger partial charge in [-0.15, -0.1) is 0 Å². The lowest BCUT2D eigenvalue weighted by Gasteiger charge is -2.35. The minimum absolute atomic E-state index is 0.190. The molecule has 1 N–H and O–H groups in total. The van der Waals surface area contributed by atoms with Crippen LogP contribution in [0.25, 0.3) is 0 Å². The minimum Gasteiger partial charge on any atom is -0.365 e. The average molecular weight is 576 g/mol. The number of amides is 1. The number of nitrogens with zero attached hydrogens (tertiary/aromatic N) is 7. The van der Waals surface area contributed by atoms with Crippen molar-refractivity contribution in [1.29, 1.82) is 0 Å². The smallest absolute Gasteiger partial charge is 0.270 e. The number of anilines is 5. The van der Waals surface area contributed by atoms with E-state index in [4.69, 9.17) is 34.8 Å². The highest BCUT2D eigenvalue weighted by Crippen LogP contribution is 2.40. The molecule has 0 atom stereocenters. The van der Waals surface area contributed by atoms with Gasteiger partial charge in [0, 0.05) is 44.6 Å². The molecule has 3 aromatic rings. The molecule has 196 valence electrons. The lowest BCUT2D eigenvalue weighted by molar-refractivity contribution is 0.1000. The van der Waals surface area contributed by atoms with Crippen molar-refractivity contribution in [3.8, 4) is 0 Å². The van der Waals surface area contributed by atoms with Crippen molar-refractivity contribution in [1.82, 2.24) is 14.9 Å². The Morgan fingerprint density at radius 3 is 2.42 bits per heavy atom. The summed E-state index contributed by atoms with van der Waals surface area (Å²) >= 11 is 19.3. The number of piperazine rings is 1. The summed E-state index contributed by atoms with van der Waals surface area (Å²) in [5.41, 5.74) is 1.40. The molecule has 1 fully saturated rings. The zero-order valence-corrected chi connectivity index (χ0v) is 22.5. The average Bonchev–Trinajstić information content (AvgIpc) is 3.36. The van der Waals surface area contributed by atoms with Gasteiger partial charge in [-0.1, -0.05) is 40.9 Å². The van der Waals surface area contributed by atoms with Gasteiger partial charge in [0.1, 0.15) is 11.4 Å². The molecule has 38 heavy (non-hydrogen) atoms. The van der Waals surface area contributed by atoms with Crippen LogP contribution in [0.4, 0.5) is 33.2 Å². The molecule has 13 heteroatoms. The summed E-state index contributed by atoms with van der Waals surface area (Å²) in [5.74, 6) is 0.134. The Morgan fingerprint density at radius 2 is 1.71 bits per heavy atom. The van der Waals surface area contributed by atoms with Crippen molar-refractivity contribution in [3.63, 3.8) is 0 Å². The zero-order valence-electron chi connectivity index (χ0n) is 20.3. The van der Waals surface area contributed by atoms with Crippen molar-refractivity contribution in [2.45, 2.75) is 0 Å². The van der Waals surface area contributed by atoms with Crippen molar-refractivity contribution < 1.29 is 9.18 Å². The molecule has 1 aromatic heterocycles. The maximum atomic E-state index is 15.1. The molecular weight excluding hydrogens is 554 g/mol. The summed E-state index contributed by atoms with van der Waals surface area (Å²) in [7, 11) is 2.04. The molecule has 0 bridgehead atoms. The summed E-state index contributed by atoms with van der Waals surface area (Å²) in [6, 6.07) is 8.05. The van der Waals surface area contributed by atoms with E-state index in [2.05, 4.69) is 25.2 Å². The summed E-state index contributed by atoms with van der Waals surface area (Å²) in [6.45, 7) is 4.02. The molecule has 0 radical (unpaired) electrons. The van der Waals surface area contributed by atoms with Crippen LogP contribution in [0, 0.1) is 5.82 Å². The van der Waals surface area contributed by atoms with E-state index in [1.165, 1.54) is 17.2 Å². The van der Waals surface area contributed by atoms with Gasteiger partial charge in [0.05, 0.1) is 33.0 Å². The Bertz CT molecular complexity index is 1430. The number of rotatable bonds is 4. The Morgan fingerprint density at radius 1 is 0.974 bits per heavy atom. The van der Waals surface area contributed by atoms with Gasteiger partial charge in [-0.25, -0.2) is 14.3 Å². The van der Waals surface area contributed by atoms with Crippen LogP contribution in [0.3, 0.4) is 0 Å². The topological polar surface area (TPSA) is 80.2 Å². The normalized spacial score (nSPS) is 17.4. The third-order valence-electron chi connectivity index (χ3n) is 6.73. The van der Waals surface area contributed by atoms with E-state index in [1.807, 2.05) is 16.8 Å². The fourth-order valence-electron chi connectivity index (χ4n) is 4.83. The molecule has 1 saturated heterocycles. The van der Waals surface area contributed by atoms with Gasteiger partial charge >= 0.3 is 0 Å². The first-order valence-corrected chi connectivity index (χ1v) is 13.1. The predicted molar refractivity (Wildman–Crippen MR) is 149 cm³/mol. The van der Waals surface area contributed by atoms with Gasteiger partial charge < -0.3 is 15.1 Å². The number of para-hydroxylation sites is 1. The number of benzene rings is 2. The molecule has 0 aliphatic carbocycles. The van der Waals surface area contributed by atoms with Crippen molar-refractivity contribution >= 4 is 75.5 Å². The van der Waals surface area contributed by atoms with Crippen LogP contribution in [0.15, 0.2) is 41.5 Å². The van der Waals surface area contributed by atoms with Gasteiger partial charge in [0.25, 0.3) is 5.91 Å². The number of carbonyl (C=O) groups excluding carboxylic acids is 1. The second-order valence-electron chi connectivity index (χ2n) is 9.18. The van der Waals surface area contributed by atoms with Crippen LogP contribution in [-0.2, 0) is 0 Å². The third kappa shape index (κ3) is 4.31. The lowest BCUT2D eigenvalue weighted by Crippen LogP contribution is -2.51. The first kappa shape index (κ1) is 25.1. The molecule has 0 saturated carbocycles. The van der Waals surface area contributed by atoms with E-state index in [0.717, 1.165) is 13.1 Å². The Hall–Kier alpha value is -3.18. The van der Waals surface area contributed by atoms with Crippen molar-refractivity contribution in [2.75, 3.05) is 66.3 Å². The standard InChI is InChI=1S/C25H22Cl3FN8O/c1-34-7-9-35(10-8-34)21-18(28)11-14(12-19(21)29)32-24-31-13-15-22(33-24)36-6-5-30-25(36)37(23(15)38)20-16(26)3-2-4-17(20)27/h2-4,11-13H,5-10H2,1H3,(H,31,32,33). The SMILES string of the molecule is CN1CCN(c2c(F)cc(Nc3ncc4c(n3)N3CCN=C3N(c3c(Cl)cccc3Cl)C4=O)cc2Cl)CC1. The summed E-state index contributed by atoms with van der Waals surface area (Å²) in [4.78, 5) is 34.3. The summed E-state index contributed by atoms with van der Waals surface area (Å²) in [5, 5.41) is 3.96. The number of hydrogen-bond donors (Lipinski definition) is 1. The van der Waals surface area contributed by atoms with E-state index in [0.29, 0.717) is 70.1 Å². The van der Waals surface area contributed by atoms with Gasteiger partial charge in [-0.2, -0.15) is 4.98 Å². The number of fused-ring (bicyclic) bond motifs is 3. The predicted octanol–water partition coefficient (Wildman–Crippen LogP) is 4.91. The van der Waals surface area contributed by atoms with E-state index in [-0.39, 0.29) is 11.5 Å². The van der Waals surface area contributed by atoms with Crippen molar-refractivity contribution in [3.05, 3.63) is 63.0 Å². The molecule has 0 spiro atoms. The molecule has 6 rings (SSSR count). The summed E-state index contributed by atoms with van der Waals surface area (Å²) < 4.78 is 15.1. The first-order chi connectivity index (χ1) is 18.3. The van der Waals surface area contributed by atoms with Gasteiger partial charge in [0.2, 0.25) is 11.9 Å². The number of aromatic nitrogens is 2. The Kier molecular flexibility index (Phi) is 6.51. The molecule has 3 aliphatic heterocycles. The van der Waals surface area contributed by atoms with Gasteiger partial charge in [0.15, 0.2) is 5.82 Å². The molecule has 0 unspecified atom stereocenters. The zero-order chi connectivity index (χ0) is 26.6. The van der Waals surface area contributed by atoms with Crippen molar-refractivity contribution in [2.24, 2.45) is 4.99 Å². The third-order valence-corrected chi connectivity index (χ3v) is 7.63. The highest BCUT2D eigenvalue weighted by atomic mass is 35.5. The number of hydrogen-bond acceptors (Lipinski definition) is 8. The fourth-order valence-corrected chi connectivity index (χ4v) is 5.73. The van der Waals surface area contributed by atoms with Crippen LogP contribution in [0.5, 0.6) is 0 Å². The molecule has 2 aromatic carbocycles. The largest absolute Gasteiger partial charge is 0.365 e. The Balaban J connectivity index is 1.31. The van der Waals surface area contributed by atoms with Crippen LogP contribution >= 0.6 is 34.8 Å². The molecule has 4 heterocycles. The first-order valence-electron chi connectivity index (χ1n) is 12.0. The van der Waals surface area contributed by atoms with Gasteiger partial charge in [-0.3, -0.25) is 14.7 Å². The molecular formula is C25H22Cl3FN8O. The lowest BCUT2D eigenvalue weighted by atomic mass is 10.1. The molecule has 9 nitrogen and oxygen atoms in total.